The van der Waals surface area contributed by atoms with Gasteiger partial charge in [0.15, 0.2) is 5.96 Å². The third-order valence-corrected chi connectivity index (χ3v) is 6.23. The molecule has 3 rings (SSSR count). The molecule has 2 N–H and O–H groups in total. The van der Waals surface area contributed by atoms with Crippen LogP contribution in [0.3, 0.4) is 0 Å². The molecule has 2 saturated heterocycles. The Morgan fingerprint density at radius 2 is 1.71 bits per heavy atom. The summed E-state index contributed by atoms with van der Waals surface area (Å²) in [6.45, 7) is 16.4. The maximum absolute atomic E-state index is 5.49. The zero-order valence-corrected chi connectivity index (χ0v) is 21.9. The van der Waals surface area contributed by atoms with E-state index >= 15 is 0 Å². The lowest BCUT2D eigenvalue weighted by Crippen LogP contribution is -2.48. The van der Waals surface area contributed by atoms with E-state index in [0.29, 0.717) is 18.5 Å². The number of aliphatic imine (C=N–C) groups is 1. The van der Waals surface area contributed by atoms with Crippen LogP contribution in [0.25, 0.3) is 0 Å². The van der Waals surface area contributed by atoms with Crippen molar-refractivity contribution in [3.63, 3.8) is 0 Å². The van der Waals surface area contributed by atoms with Gasteiger partial charge in [-0.25, -0.2) is 4.99 Å². The van der Waals surface area contributed by atoms with Crippen LogP contribution in [-0.4, -0.2) is 74.3 Å². The summed E-state index contributed by atoms with van der Waals surface area (Å²) in [5, 5.41) is 7.05. The molecular weight excluding hydrogens is 501 g/mol. The van der Waals surface area contributed by atoms with Gasteiger partial charge in [-0.1, -0.05) is 38.1 Å². The van der Waals surface area contributed by atoms with Gasteiger partial charge in [-0.15, -0.1) is 24.0 Å². The maximum atomic E-state index is 5.49. The number of rotatable bonds is 9. The molecule has 1 atom stereocenters. The summed E-state index contributed by atoms with van der Waals surface area (Å²) in [5.41, 5.74) is 2.68. The van der Waals surface area contributed by atoms with E-state index in [2.05, 4.69) is 65.5 Å². The average molecular weight is 544 g/mol. The predicted molar refractivity (Wildman–Crippen MR) is 140 cm³/mol. The Morgan fingerprint density at radius 3 is 2.35 bits per heavy atom. The van der Waals surface area contributed by atoms with E-state index in [4.69, 9.17) is 9.73 Å². The lowest BCUT2D eigenvalue weighted by molar-refractivity contribution is 0.0341. The van der Waals surface area contributed by atoms with Gasteiger partial charge in [-0.3, -0.25) is 9.80 Å². The van der Waals surface area contributed by atoms with Crippen molar-refractivity contribution in [2.24, 2.45) is 10.9 Å². The van der Waals surface area contributed by atoms with Crippen LogP contribution < -0.4 is 10.6 Å². The van der Waals surface area contributed by atoms with Gasteiger partial charge >= 0.3 is 0 Å². The number of ether oxygens (including phenoxy) is 1. The normalized spacial score (nSPS) is 19.3. The fourth-order valence-electron chi connectivity index (χ4n) is 4.43. The first-order chi connectivity index (χ1) is 14.7. The average Bonchev–Trinajstić information content (AvgIpc) is 3.28. The lowest BCUT2D eigenvalue weighted by Gasteiger charge is -2.31. The van der Waals surface area contributed by atoms with Crippen LogP contribution in [0.4, 0.5) is 0 Å². The second-order valence-corrected chi connectivity index (χ2v) is 8.79. The number of hydrogen-bond donors (Lipinski definition) is 2. The molecule has 0 spiro atoms. The van der Waals surface area contributed by atoms with Gasteiger partial charge in [0.05, 0.1) is 19.8 Å². The molecule has 1 aromatic rings. The zero-order chi connectivity index (χ0) is 21.2. The molecule has 0 saturated carbocycles. The van der Waals surface area contributed by atoms with E-state index in [9.17, 15) is 0 Å². The van der Waals surface area contributed by atoms with Crippen LogP contribution >= 0.6 is 24.0 Å². The van der Waals surface area contributed by atoms with Gasteiger partial charge in [-0.2, -0.15) is 0 Å². The molecule has 2 fully saturated rings. The third kappa shape index (κ3) is 8.51. The molecule has 1 unspecified atom stereocenters. The minimum absolute atomic E-state index is 0. The second-order valence-electron chi connectivity index (χ2n) is 8.79. The number of nitrogens with zero attached hydrogens (tertiary/aromatic N) is 3. The lowest BCUT2D eigenvalue weighted by atomic mass is 10.0. The standard InChI is InChI=1S/C24H41N5O.HI/c1-4-25-24(27-18-23(20(2)3)29-11-7-8-12-29)26-17-21-9-5-6-10-22(21)19-28-13-15-30-16-14-28;/h5-6,9-10,20,23H,4,7-8,11-19H2,1-3H3,(H2,25,26,27);1H. The molecule has 0 radical (unpaired) electrons. The molecule has 0 amide bonds. The molecule has 2 heterocycles. The van der Waals surface area contributed by atoms with Crippen LogP contribution in [0, 0.1) is 5.92 Å². The highest BCUT2D eigenvalue weighted by atomic mass is 127. The summed E-state index contributed by atoms with van der Waals surface area (Å²) in [5.74, 6) is 1.55. The minimum Gasteiger partial charge on any atom is -0.379 e. The molecule has 31 heavy (non-hydrogen) atoms. The quantitative estimate of drug-likeness (QED) is 0.285. The first-order valence-corrected chi connectivity index (χ1v) is 11.8. The summed E-state index contributed by atoms with van der Waals surface area (Å²) >= 11 is 0. The molecule has 176 valence electrons. The summed E-state index contributed by atoms with van der Waals surface area (Å²) in [7, 11) is 0. The van der Waals surface area contributed by atoms with E-state index in [1.807, 2.05) is 0 Å². The van der Waals surface area contributed by atoms with Crippen LogP contribution in [-0.2, 0) is 17.8 Å². The highest BCUT2D eigenvalue weighted by Gasteiger charge is 2.24. The van der Waals surface area contributed by atoms with Crippen molar-refractivity contribution in [3.05, 3.63) is 35.4 Å². The monoisotopic (exact) mass is 543 g/mol. The first kappa shape index (κ1) is 26.4. The fourth-order valence-corrected chi connectivity index (χ4v) is 4.43. The van der Waals surface area contributed by atoms with Gasteiger partial charge in [0.2, 0.25) is 0 Å². The van der Waals surface area contributed by atoms with Crippen molar-refractivity contribution in [2.75, 3.05) is 52.5 Å². The third-order valence-electron chi connectivity index (χ3n) is 6.23. The number of guanidine groups is 1. The molecule has 6 nitrogen and oxygen atoms in total. The number of hydrogen-bond acceptors (Lipinski definition) is 4. The van der Waals surface area contributed by atoms with Crippen LogP contribution in [0.15, 0.2) is 29.3 Å². The molecule has 0 aromatic heterocycles. The van der Waals surface area contributed by atoms with Crippen molar-refractivity contribution in [3.8, 4) is 0 Å². The van der Waals surface area contributed by atoms with Gasteiger partial charge in [-0.05, 0) is 49.9 Å². The summed E-state index contributed by atoms with van der Waals surface area (Å²) in [6.07, 6.45) is 2.66. The maximum Gasteiger partial charge on any atom is 0.191 e. The number of halogens is 1. The first-order valence-electron chi connectivity index (χ1n) is 11.8. The predicted octanol–water partition coefficient (Wildman–Crippen LogP) is 3.31. The number of morpholine rings is 1. The van der Waals surface area contributed by atoms with Crippen LogP contribution in [0.5, 0.6) is 0 Å². The van der Waals surface area contributed by atoms with E-state index in [0.717, 1.165) is 51.9 Å². The Balaban J connectivity index is 0.00000341. The summed E-state index contributed by atoms with van der Waals surface area (Å²) in [4.78, 5) is 10.0. The van der Waals surface area contributed by atoms with Crippen LogP contribution in [0.2, 0.25) is 0 Å². The van der Waals surface area contributed by atoms with Crippen molar-refractivity contribution >= 4 is 29.9 Å². The molecule has 1 aromatic carbocycles. The van der Waals surface area contributed by atoms with Gasteiger partial charge in [0.25, 0.3) is 0 Å². The van der Waals surface area contributed by atoms with Gasteiger partial charge in [0.1, 0.15) is 0 Å². The molecule has 2 aliphatic heterocycles. The van der Waals surface area contributed by atoms with Gasteiger partial charge in [0, 0.05) is 38.8 Å². The number of likely N-dealkylation sites (tertiary alicyclic amines) is 1. The zero-order valence-electron chi connectivity index (χ0n) is 19.6. The Labute approximate surface area is 206 Å². The van der Waals surface area contributed by atoms with Crippen molar-refractivity contribution in [2.45, 2.75) is 52.7 Å². The number of nitrogens with one attached hydrogen (secondary N) is 2. The topological polar surface area (TPSA) is 52.1 Å². The van der Waals surface area contributed by atoms with Gasteiger partial charge < -0.3 is 15.4 Å². The fraction of sp³-hybridized carbons (Fsp3) is 0.708. The largest absolute Gasteiger partial charge is 0.379 e. The SMILES string of the molecule is CCNC(=NCc1ccccc1CN1CCOCC1)NCC(C(C)C)N1CCCC1.I. The highest BCUT2D eigenvalue weighted by Crippen LogP contribution is 2.17. The second kappa shape index (κ2) is 14.3. The van der Waals surface area contributed by atoms with Crippen molar-refractivity contribution in [1.29, 1.82) is 0 Å². The Morgan fingerprint density at radius 1 is 1.03 bits per heavy atom. The smallest absolute Gasteiger partial charge is 0.191 e. The number of benzene rings is 1. The van der Waals surface area contributed by atoms with Crippen molar-refractivity contribution in [1.82, 2.24) is 20.4 Å². The molecule has 2 aliphatic rings. The molecule has 7 heteroatoms. The highest BCUT2D eigenvalue weighted by molar-refractivity contribution is 14.0. The Hall–Kier alpha value is -0.900. The van der Waals surface area contributed by atoms with Crippen LogP contribution in [0.1, 0.15) is 44.7 Å². The van der Waals surface area contributed by atoms with E-state index in [-0.39, 0.29) is 24.0 Å². The molecule has 0 aliphatic carbocycles. The molecular formula is C24H42IN5O. The Bertz CT molecular complexity index is 657. The summed E-state index contributed by atoms with van der Waals surface area (Å²) in [6, 6.07) is 9.27. The van der Waals surface area contributed by atoms with E-state index < -0.39 is 0 Å². The summed E-state index contributed by atoms with van der Waals surface area (Å²) < 4.78 is 5.49. The van der Waals surface area contributed by atoms with Crippen molar-refractivity contribution < 1.29 is 4.74 Å². The minimum atomic E-state index is 0. The van der Waals surface area contributed by atoms with E-state index in [1.54, 1.807) is 0 Å². The van der Waals surface area contributed by atoms with E-state index in [1.165, 1.54) is 37.1 Å². The Kier molecular flexibility index (Phi) is 12.1. The molecule has 0 bridgehead atoms.